The predicted octanol–water partition coefficient (Wildman–Crippen LogP) is 4.19. The first-order valence-corrected chi connectivity index (χ1v) is 8.39. The molecule has 0 radical (unpaired) electrons. The lowest BCUT2D eigenvalue weighted by atomic mass is 9.92. The van der Waals surface area contributed by atoms with Gasteiger partial charge in [0.2, 0.25) is 0 Å². The molecule has 2 amide bonds. The minimum Gasteiger partial charge on any atom is -0.377 e. The first kappa shape index (κ1) is 15.3. The number of carbonyl (C=O) groups is 1. The average molecular weight is 302 g/mol. The number of fused-ring (bicyclic) bond motifs is 1. The predicted molar refractivity (Wildman–Crippen MR) is 88.0 cm³/mol. The van der Waals surface area contributed by atoms with E-state index in [1.165, 1.54) is 25.7 Å². The van der Waals surface area contributed by atoms with Gasteiger partial charge in [-0.3, -0.25) is 0 Å². The summed E-state index contributed by atoms with van der Waals surface area (Å²) in [6.07, 6.45) is 6.17. The number of likely N-dealkylation sites (tertiary alicyclic amines) is 1. The van der Waals surface area contributed by atoms with Crippen LogP contribution in [0.3, 0.4) is 0 Å². The van der Waals surface area contributed by atoms with Gasteiger partial charge in [-0.2, -0.15) is 0 Å². The molecule has 1 saturated heterocycles. The van der Waals surface area contributed by atoms with Crippen molar-refractivity contribution in [2.75, 3.05) is 19.0 Å². The zero-order valence-corrected chi connectivity index (χ0v) is 13.5. The minimum absolute atomic E-state index is 0.0334. The normalized spacial score (nSPS) is 25.6. The van der Waals surface area contributed by atoms with Crippen LogP contribution in [0.15, 0.2) is 24.3 Å². The number of ether oxygens (including phenoxy) is 1. The van der Waals surface area contributed by atoms with E-state index in [2.05, 4.69) is 10.2 Å². The van der Waals surface area contributed by atoms with Crippen molar-refractivity contribution in [3.8, 4) is 0 Å². The molecule has 0 bridgehead atoms. The highest BCUT2D eigenvalue weighted by atomic mass is 16.5. The van der Waals surface area contributed by atoms with Gasteiger partial charge < -0.3 is 15.0 Å². The van der Waals surface area contributed by atoms with Crippen molar-refractivity contribution in [3.05, 3.63) is 29.8 Å². The van der Waals surface area contributed by atoms with E-state index >= 15 is 0 Å². The van der Waals surface area contributed by atoms with E-state index < -0.39 is 0 Å². The summed E-state index contributed by atoms with van der Waals surface area (Å²) in [6.45, 7) is 2.90. The lowest BCUT2D eigenvalue weighted by molar-refractivity contribution is 0.119. The third kappa shape index (κ3) is 3.12. The Kier molecular flexibility index (Phi) is 4.67. The van der Waals surface area contributed by atoms with Crippen molar-refractivity contribution < 1.29 is 9.53 Å². The van der Waals surface area contributed by atoms with Gasteiger partial charge >= 0.3 is 6.03 Å². The Hall–Kier alpha value is -1.55. The van der Waals surface area contributed by atoms with Gasteiger partial charge in [0.1, 0.15) is 0 Å². The van der Waals surface area contributed by atoms with Crippen LogP contribution in [-0.2, 0) is 4.74 Å². The van der Waals surface area contributed by atoms with Gasteiger partial charge in [-0.25, -0.2) is 4.79 Å². The van der Waals surface area contributed by atoms with E-state index in [0.29, 0.717) is 6.04 Å². The fraction of sp³-hybridized carbons (Fsp3) is 0.611. The lowest BCUT2D eigenvalue weighted by Gasteiger charge is -2.37. The first-order valence-electron chi connectivity index (χ1n) is 8.39. The van der Waals surface area contributed by atoms with Crippen molar-refractivity contribution in [1.82, 2.24) is 4.90 Å². The molecule has 1 aromatic carbocycles. The second kappa shape index (κ2) is 6.69. The van der Waals surface area contributed by atoms with Crippen molar-refractivity contribution in [2.45, 2.75) is 51.2 Å². The number of nitrogens with one attached hydrogen (secondary N) is 1. The molecule has 0 spiro atoms. The number of hydrogen-bond donors (Lipinski definition) is 1. The van der Waals surface area contributed by atoms with Crippen LogP contribution in [0.2, 0.25) is 0 Å². The molecule has 3 atom stereocenters. The zero-order valence-electron chi connectivity index (χ0n) is 13.5. The summed E-state index contributed by atoms with van der Waals surface area (Å²) in [6, 6.07) is 8.45. The molecule has 1 heterocycles. The smallest absolute Gasteiger partial charge is 0.322 e. The van der Waals surface area contributed by atoms with Gasteiger partial charge in [0, 0.05) is 25.4 Å². The molecule has 1 aliphatic heterocycles. The van der Waals surface area contributed by atoms with Gasteiger partial charge in [0.05, 0.1) is 6.10 Å². The number of anilines is 1. The maximum atomic E-state index is 12.6. The van der Waals surface area contributed by atoms with Crippen LogP contribution in [0.4, 0.5) is 10.5 Å². The van der Waals surface area contributed by atoms with Crippen LogP contribution in [0.25, 0.3) is 0 Å². The number of benzene rings is 1. The molecular formula is C18H26N2O2. The number of piperidine rings is 1. The number of carbonyl (C=O) groups excluding carboxylic acids is 1. The molecule has 1 saturated carbocycles. The summed E-state index contributed by atoms with van der Waals surface area (Å²) in [7, 11) is 1.70. The van der Waals surface area contributed by atoms with Crippen molar-refractivity contribution in [1.29, 1.82) is 0 Å². The fourth-order valence-corrected chi connectivity index (χ4v) is 3.91. The third-order valence-corrected chi connectivity index (χ3v) is 5.21. The van der Waals surface area contributed by atoms with Gasteiger partial charge in [0.25, 0.3) is 0 Å². The Balaban J connectivity index is 1.68. The molecule has 4 nitrogen and oxygen atoms in total. The second-order valence-corrected chi connectivity index (χ2v) is 6.53. The SMILES string of the molecule is CO[C@H](C)c1cccc(NC(=O)N2CCC[C@@H]3CCC[C@@H]32)c1. The molecule has 0 aromatic heterocycles. The van der Waals surface area contributed by atoms with Crippen molar-refractivity contribution >= 4 is 11.7 Å². The Morgan fingerprint density at radius 2 is 2.14 bits per heavy atom. The molecule has 2 fully saturated rings. The van der Waals surface area contributed by atoms with E-state index in [-0.39, 0.29) is 12.1 Å². The van der Waals surface area contributed by atoms with Crippen molar-refractivity contribution in [2.24, 2.45) is 5.92 Å². The fourth-order valence-electron chi connectivity index (χ4n) is 3.91. The molecule has 2 aliphatic rings. The summed E-state index contributed by atoms with van der Waals surface area (Å²) < 4.78 is 5.35. The number of methoxy groups -OCH3 is 1. The summed E-state index contributed by atoms with van der Waals surface area (Å²) in [5.74, 6) is 0.722. The maximum absolute atomic E-state index is 12.6. The second-order valence-electron chi connectivity index (χ2n) is 6.53. The van der Waals surface area contributed by atoms with E-state index in [1.807, 2.05) is 31.2 Å². The van der Waals surface area contributed by atoms with Crippen LogP contribution >= 0.6 is 0 Å². The minimum atomic E-state index is 0.0334. The summed E-state index contributed by atoms with van der Waals surface area (Å²) in [5, 5.41) is 3.08. The quantitative estimate of drug-likeness (QED) is 0.909. The number of amides is 2. The summed E-state index contributed by atoms with van der Waals surface area (Å²) in [5.41, 5.74) is 1.93. The molecule has 22 heavy (non-hydrogen) atoms. The Morgan fingerprint density at radius 1 is 1.32 bits per heavy atom. The zero-order chi connectivity index (χ0) is 15.5. The summed E-state index contributed by atoms with van der Waals surface area (Å²) in [4.78, 5) is 14.7. The molecule has 3 rings (SSSR count). The Labute approximate surface area is 132 Å². The van der Waals surface area contributed by atoms with Crippen LogP contribution in [0.1, 0.15) is 50.7 Å². The largest absolute Gasteiger partial charge is 0.377 e. The third-order valence-electron chi connectivity index (χ3n) is 5.21. The van der Waals surface area contributed by atoms with Gasteiger partial charge in [-0.15, -0.1) is 0 Å². The standard InChI is InChI=1S/C18H26N2O2/c1-13(22-2)15-7-3-9-16(12-15)19-18(21)20-11-5-8-14-6-4-10-17(14)20/h3,7,9,12-14,17H,4-6,8,10-11H2,1-2H3,(H,19,21)/t13-,14+,17+/m1/s1. The number of hydrogen-bond acceptors (Lipinski definition) is 2. The van der Waals surface area contributed by atoms with Gasteiger partial charge in [-0.1, -0.05) is 18.6 Å². The lowest BCUT2D eigenvalue weighted by Crippen LogP contribution is -2.48. The van der Waals surface area contributed by atoms with Gasteiger partial charge in [-0.05, 0) is 56.2 Å². The van der Waals surface area contributed by atoms with Crippen LogP contribution in [0, 0.1) is 5.92 Å². The van der Waals surface area contributed by atoms with Crippen LogP contribution in [0.5, 0.6) is 0 Å². The molecule has 120 valence electrons. The monoisotopic (exact) mass is 302 g/mol. The Morgan fingerprint density at radius 3 is 2.95 bits per heavy atom. The molecular weight excluding hydrogens is 276 g/mol. The molecule has 4 heteroatoms. The topological polar surface area (TPSA) is 41.6 Å². The Bertz CT molecular complexity index is 532. The van der Waals surface area contributed by atoms with E-state index in [1.54, 1.807) is 7.11 Å². The molecule has 1 aliphatic carbocycles. The first-order chi connectivity index (χ1) is 10.7. The average Bonchev–Trinajstić information content (AvgIpc) is 3.02. The van der Waals surface area contributed by atoms with E-state index in [0.717, 1.165) is 30.1 Å². The summed E-state index contributed by atoms with van der Waals surface area (Å²) >= 11 is 0. The number of nitrogens with zero attached hydrogens (tertiary/aromatic N) is 1. The van der Waals surface area contributed by atoms with Crippen LogP contribution in [-0.4, -0.2) is 30.6 Å². The molecule has 1 N–H and O–H groups in total. The maximum Gasteiger partial charge on any atom is 0.322 e. The molecule has 0 unspecified atom stereocenters. The van der Waals surface area contributed by atoms with E-state index in [4.69, 9.17) is 4.74 Å². The highest BCUT2D eigenvalue weighted by Crippen LogP contribution is 2.37. The molecule has 1 aromatic rings. The van der Waals surface area contributed by atoms with E-state index in [9.17, 15) is 4.79 Å². The van der Waals surface area contributed by atoms with Crippen molar-refractivity contribution in [3.63, 3.8) is 0 Å². The number of urea groups is 1. The highest BCUT2D eigenvalue weighted by molar-refractivity contribution is 5.89. The van der Waals surface area contributed by atoms with Crippen LogP contribution < -0.4 is 5.32 Å². The van der Waals surface area contributed by atoms with Gasteiger partial charge in [0.15, 0.2) is 0 Å². The number of rotatable bonds is 3. The highest BCUT2D eigenvalue weighted by Gasteiger charge is 2.37.